The van der Waals surface area contributed by atoms with E-state index in [1.54, 1.807) is 0 Å². The summed E-state index contributed by atoms with van der Waals surface area (Å²) in [4.78, 5) is 14.1. The third-order valence-electron chi connectivity index (χ3n) is 5.19. The maximum Gasteiger partial charge on any atom is 0.324 e. The molecule has 3 unspecified atom stereocenters. The molecule has 0 aromatic rings. The van der Waals surface area contributed by atoms with Crippen molar-refractivity contribution in [1.82, 2.24) is 4.90 Å². The summed E-state index contributed by atoms with van der Waals surface area (Å²) in [6.45, 7) is 5.35. The molecule has 3 heteroatoms. The van der Waals surface area contributed by atoms with E-state index in [2.05, 4.69) is 11.8 Å². The second-order valence-electron chi connectivity index (χ2n) is 6.25. The monoisotopic (exact) mass is 253 g/mol. The Balaban J connectivity index is 2.13. The highest BCUT2D eigenvalue weighted by Crippen LogP contribution is 2.38. The third-order valence-corrected chi connectivity index (χ3v) is 5.19. The van der Waals surface area contributed by atoms with Gasteiger partial charge in [0.25, 0.3) is 0 Å². The van der Waals surface area contributed by atoms with Crippen LogP contribution >= 0.6 is 0 Å². The first-order chi connectivity index (χ1) is 8.60. The zero-order valence-corrected chi connectivity index (χ0v) is 11.8. The zero-order chi connectivity index (χ0) is 13.2. The summed E-state index contributed by atoms with van der Waals surface area (Å²) in [5.41, 5.74) is -0.557. The van der Waals surface area contributed by atoms with Crippen LogP contribution in [0.3, 0.4) is 0 Å². The Bertz CT molecular complexity index is 305. The summed E-state index contributed by atoms with van der Waals surface area (Å²) in [6.07, 6.45) is 8.86. The molecule has 2 fully saturated rings. The third kappa shape index (κ3) is 2.42. The van der Waals surface area contributed by atoms with Crippen LogP contribution in [-0.2, 0) is 4.79 Å². The Kier molecular flexibility index (Phi) is 4.31. The second kappa shape index (κ2) is 5.60. The summed E-state index contributed by atoms with van der Waals surface area (Å²) in [5.74, 6) is 0.221. The Hall–Kier alpha value is -0.570. The molecule has 1 N–H and O–H groups in total. The second-order valence-corrected chi connectivity index (χ2v) is 6.25. The molecule has 2 rings (SSSR count). The first-order valence-corrected chi connectivity index (χ1v) is 7.60. The lowest BCUT2D eigenvalue weighted by molar-refractivity contribution is -0.151. The molecule has 3 atom stereocenters. The van der Waals surface area contributed by atoms with Crippen LogP contribution in [0.1, 0.15) is 65.2 Å². The van der Waals surface area contributed by atoms with Gasteiger partial charge in [0.15, 0.2) is 0 Å². The van der Waals surface area contributed by atoms with Crippen molar-refractivity contribution in [3.63, 3.8) is 0 Å². The fraction of sp³-hybridized carbons (Fsp3) is 0.933. The van der Waals surface area contributed by atoms with Gasteiger partial charge in [0, 0.05) is 6.04 Å². The molecule has 0 bridgehead atoms. The van der Waals surface area contributed by atoms with Gasteiger partial charge in [0.1, 0.15) is 5.54 Å². The smallest absolute Gasteiger partial charge is 0.324 e. The Labute approximate surface area is 111 Å². The van der Waals surface area contributed by atoms with Crippen molar-refractivity contribution in [3.8, 4) is 0 Å². The van der Waals surface area contributed by atoms with Gasteiger partial charge in [-0.1, -0.05) is 26.7 Å². The van der Waals surface area contributed by atoms with Gasteiger partial charge in [-0.2, -0.15) is 0 Å². The normalized spacial score (nSPS) is 38.6. The summed E-state index contributed by atoms with van der Waals surface area (Å²) < 4.78 is 0. The Morgan fingerprint density at radius 3 is 2.72 bits per heavy atom. The van der Waals surface area contributed by atoms with Crippen LogP contribution in [-0.4, -0.2) is 34.1 Å². The van der Waals surface area contributed by atoms with E-state index in [4.69, 9.17) is 0 Å². The lowest BCUT2D eigenvalue weighted by Crippen LogP contribution is -2.54. The highest BCUT2D eigenvalue weighted by molar-refractivity contribution is 5.79. The highest BCUT2D eigenvalue weighted by atomic mass is 16.4. The minimum Gasteiger partial charge on any atom is -0.480 e. The number of carboxylic acids is 1. The molecule has 1 saturated heterocycles. The molecule has 1 saturated carbocycles. The van der Waals surface area contributed by atoms with E-state index in [1.807, 2.05) is 6.92 Å². The van der Waals surface area contributed by atoms with Crippen LogP contribution in [0.4, 0.5) is 0 Å². The number of hydrogen-bond acceptors (Lipinski definition) is 2. The highest BCUT2D eigenvalue weighted by Gasteiger charge is 2.48. The summed E-state index contributed by atoms with van der Waals surface area (Å²) in [5, 5.41) is 9.65. The number of likely N-dealkylation sites (tertiary alicyclic amines) is 1. The molecule has 2 aliphatic rings. The van der Waals surface area contributed by atoms with Crippen LogP contribution < -0.4 is 0 Å². The number of aliphatic carboxylic acids is 1. The number of hydrogen-bond donors (Lipinski definition) is 1. The molecule has 0 amide bonds. The number of rotatable bonds is 3. The van der Waals surface area contributed by atoms with Crippen LogP contribution in [0.25, 0.3) is 0 Å². The molecular weight excluding hydrogens is 226 g/mol. The van der Waals surface area contributed by atoms with Crippen molar-refractivity contribution in [2.45, 2.75) is 76.8 Å². The van der Waals surface area contributed by atoms with E-state index in [1.165, 1.54) is 32.1 Å². The first-order valence-electron chi connectivity index (χ1n) is 7.60. The summed E-state index contributed by atoms with van der Waals surface area (Å²) in [6, 6.07) is 0.508. The van der Waals surface area contributed by atoms with E-state index >= 15 is 0 Å². The molecular formula is C15H27NO2. The maximum absolute atomic E-state index is 11.7. The average Bonchev–Trinajstić information content (AvgIpc) is 2.67. The van der Waals surface area contributed by atoms with E-state index in [0.717, 1.165) is 31.7 Å². The van der Waals surface area contributed by atoms with Gasteiger partial charge in [-0.3, -0.25) is 9.69 Å². The van der Waals surface area contributed by atoms with Crippen molar-refractivity contribution < 1.29 is 9.90 Å². The number of carboxylic acid groups (broad SMARTS) is 1. The van der Waals surface area contributed by atoms with Crippen LogP contribution in [0.15, 0.2) is 0 Å². The predicted octanol–water partition coefficient (Wildman–Crippen LogP) is 3.28. The molecule has 1 aliphatic heterocycles. The molecule has 0 radical (unpaired) electrons. The van der Waals surface area contributed by atoms with Gasteiger partial charge in [-0.25, -0.2) is 0 Å². The first kappa shape index (κ1) is 13.9. The van der Waals surface area contributed by atoms with Crippen molar-refractivity contribution in [1.29, 1.82) is 0 Å². The molecule has 0 spiro atoms. The largest absolute Gasteiger partial charge is 0.480 e. The molecule has 1 heterocycles. The van der Waals surface area contributed by atoms with Gasteiger partial charge < -0.3 is 5.11 Å². The SMILES string of the molecule is CCC1(C(=O)O)CCCN1C1CCCC(C)CC1. The van der Waals surface area contributed by atoms with Crippen molar-refractivity contribution in [2.75, 3.05) is 6.54 Å². The topological polar surface area (TPSA) is 40.5 Å². The van der Waals surface area contributed by atoms with Crippen molar-refractivity contribution in [2.24, 2.45) is 5.92 Å². The van der Waals surface area contributed by atoms with Gasteiger partial charge in [-0.05, 0) is 51.0 Å². The minimum atomic E-state index is -0.597. The van der Waals surface area contributed by atoms with E-state index in [-0.39, 0.29) is 0 Å². The van der Waals surface area contributed by atoms with E-state index in [9.17, 15) is 9.90 Å². The molecule has 18 heavy (non-hydrogen) atoms. The molecule has 1 aliphatic carbocycles. The lowest BCUT2D eigenvalue weighted by atomic mass is 9.90. The summed E-state index contributed by atoms with van der Waals surface area (Å²) in [7, 11) is 0. The van der Waals surface area contributed by atoms with Gasteiger partial charge in [0.2, 0.25) is 0 Å². The van der Waals surface area contributed by atoms with Gasteiger partial charge in [-0.15, -0.1) is 0 Å². The fourth-order valence-electron chi connectivity index (χ4n) is 3.97. The van der Waals surface area contributed by atoms with Gasteiger partial charge in [0.05, 0.1) is 0 Å². The van der Waals surface area contributed by atoms with E-state index < -0.39 is 11.5 Å². The zero-order valence-electron chi connectivity index (χ0n) is 11.8. The van der Waals surface area contributed by atoms with Crippen LogP contribution in [0.5, 0.6) is 0 Å². The van der Waals surface area contributed by atoms with Crippen molar-refractivity contribution >= 4 is 5.97 Å². The Morgan fingerprint density at radius 2 is 2.06 bits per heavy atom. The van der Waals surface area contributed by atoms with Crippen LogP contribution in [0.2, 0.25) is 0 Å². The lowest BCUT2D eigenvalue weighted by Gasteiger charge is -2.39. The van der Waals surface area contributed by atoms with Crippen LogP contribution in [0, 0.1) is 5.92 Å². The molecule has 0 aromatic carbocycles. The fourth-order valence-corrected chi connectivity index (χ4v) is 3.97. The standard InChI is InChI=1S/C15H27NO2/c1-3-15(14(17)18)10-5-11-16(15)13-7-4-6-12(2)8-9-13/h12-13H,3-11H2,1-2H3,(H,17,18). The minimum absolute atomic E-state index is 0.508. The quantitative estimate of drug-likeness (QED) is 0.785. The number of nitrogens with zero attached hydrogens (tertiary/aromatic N) is 1. The van der Waals surface area contributed by atoms with Gasteiger partial charge >= 0.3 is 5.97 Å². The molecule has 0 aromatic heterocycles. The molecule has 104 valence electrons. The van der Waals surface area contributed by atoms with Crippen molar-refractivity contribution in [3.05, 3.63) is 0 Å². The average molecular weight is 253 g/mol. The molecule has 3 nitrogen and oxygen atoms in total. The Morgan fingerprint density at radius 1 is 1.28 bits per heavy atom. The maximum atomic E-state index is 11.7. The predicted molar refractivity (Wildman–Crippen MR) is 72.6 cm³/mol. The van der Waals surface area contributed by atoms with E-state index in [0.29, 0.717) is 6.04 Å². The number of carbonyl (C=O) groups is 1. The summed E-state index contributed by atoms with van der Waals surface area (Å²) >= 11 is 0.